The zero-order valence-corrected chi connectivity index (χ0v) is 18.0. The van der Waals surface area contributed by atoms with Crippen molar-refractivity contribution in [3.8, 4) is 5.75 Å². The maximum Gasteiger partial charge on any atom is 0.308 e. The molecular formula is C27H27FO3. The van der Waals surface area contributed by atoms with Gasteiger partial charge in [-0.2, -0.15) is 0 Å². The summed E-state index contributed by atoms with van der Waals surface area (Å²) in [5.41, 5.74) is 5.58. The topological polar surface area (TPSA) is 43.4 Å². The van der Waals surface area contributed by atoms with Crippen molar-refractivity contribution >= 4 is 17.8 Å². The number of aldehydes is 1. The number of fused-ring (bicyclic) bond motifs is 5. The van der Waals surface area contributed by atoms with Crippen LogP contribution in [-0.4, -0.2) is 12.3 Å². The van der Waals surface area contributed by atoms with E-state index in [0.29, 0.717) is 23.5 Å². The van der Waals surface area contributed by atoms with Crippen LogP contribution in [0.3, 0.4) is 0 Å². The number of hydrogen-bond donors (Lipinski definition) is 0. The summed E-state index contributed by atoms with van der Waals surface area (Å²) in [5, 5.41) is 0. The molecule has 31 heavy (non-hydrogen) atoms. The highest BCUT2D eigenvalue weighted by Gasteiger charge is 2.53. The van der Waals surface area contributed by atoms with Crippen LogP contribution in [0, 0.1) is 23.1 Å². The second-order valence-electron chi connectivity index (χ2n) is 9.56. The van der Waals surface area contributed by atoms with E-state index in [-0.39, 0.29) is 17.2 Å². The molecule has 0 N–H and O–H groups in total. The molecule has 3 aliphatic rings. The molecule has 0 radical (unpaired) electrons. The quantitative estimate of drug-likeness (QED) is 0.356. The SMILES string of the molecule is CC(=O)Oc1ccc2c(c1)CC[C@@H]1[C@@H]2CC[C@]2(C)C(c3ccc(F)cc3)=C(C=O)C[C@@H]12. The summed E-state index contributed by atoms with van der Waals surface area (Å²) in [6, 6.07) is 12.7. The minimum absolute atomic E-state index is 0.0651. The predicted molar refractivity (Wildman–Crippen MR) is 117 cm³/mol. The Morgan fingerprint density at radius 2 is 1.94 bits per heavy atom. The number of aryl methyl sites for hydroxylation is 1. The van der Waals surface area contributed by atoms with Crippen LogP contribution in [0.1, 0.15) is 62.1 Å². The first-order valence-corrected chi connectivity index (χ1v) is 11.2. The number of carbonyl (C=O) groups is 2. The second kappa shape index (κ2) is 7.44. The summed E-state index contributed by atoms with van der Waals surface area (Å²) in [5.74, 6) is 1.46. The highest BCUT2D eigenvalue weighted by Crippen LogP contribution is 2.64. The van der Waals surface area contributed by atoms with Crippen molar-refractivity contribution in [2.75, 3.05) is 0 Å². The van der Waals surface area contributed by atoms with Gasteiger partial charge in [0.25, 0.3) is 0 Å². The number of rotatable bonds is 3. The van der Waals surface area contributed by atoms with E-state index in [1.807, 2.05) is 24.3 Å². The lowest BCUT2D eigenvalue weighted by Crippen LogP contribution is -2.40. The Balaban J connectivity index is 1.48. The molecule has 0 amide bonds. The van der Waals surface area contributed by atoms with Gasteiger partial charge in [0.15, 0.2) is 0 Å². The van der Waals surface area contributed by atoms with Gasteiger partial charge in [-0.1, -0.05) is 25.1 Å². The first-order valence-electron chi connectivity index (χ1n) is 11.2. The van der Waals surface area contributed by atoms with Gasteiger partial charge in [0.1, 0.15) is 17.9 Å². The summed E-state index contributed by atoms with van der Waals surface area (Å²) in [4.78, 5) is 23.4. The molecule has 4 atom stereocenters. The summed E-state index contributed by atoms with van der Waals surface area (Å²) >= 11 is 0. The van der Waals surface area contributed by atoms with Crippen molar-refractivity contribution in [3.05, 3.63) is 70.5 Å². The average Bonchev–Trinajstić information content (AvgIpc) is 3.06. The highest BCUT2D eigenvalue weighted by molar-refractivity contribution is 5.92. The lowest BCUT2D eigenvalue weighted by molar-refractivity contribution is -0.131. The van der Waals surface area contributed by atoms with Gasteiger partial charge in [-0.15, -0.1) is 0 Å². The molecule has 1 saturated carbocycles. The maximum atomic E-state index is 13.5. The molecule has 0 saturated heterocycles. The molecule has 3 aliphatic carbocycles. The summed E-state index contributed by atoms with van der Waals surface area (Å²) < 4.78 is 18.8. The third-order valence-corrected chi connectivity index (χ3v) is 7.96. The number of halogens is 1. The highest BCUT2D eigenvalue weighted by atomic mass is 19.1. The summed E-state index contributed by atoms with van der Waals surface area (Å²) in [6.45, 7) is 3.73. The molecule has 0 aliphatic heterocycles. The number of ether oxygens (including phenoxy) is 1. The molecule has 5 rings (SSSR count). The van der Waals surface area contributed by atoms with E-state index in [4.69, 9.17) is 4.74 Å². The van der Waals surface area contributed by atoms with Crippen LogP contribution in [0.5, 0.6) is 5.75 Å². The Morgan fingerprint density at radius 1 is 1.16 bits per heavy atom. The van der Waals surface area contributed by atoms with E-state index in [2.05, 4.69) is 13.0 Å². The van der Waals surface area contributed by atoms with Crippen molar-refractivity contribution in [2.24, 2.45) is 17.3 Å². The number of esters is 1. The first kappa shape index (κ1) is 20.2. The summed E-state index contributed by atoms with van der Waals surface area (Å²) in [6.07, 6.45) is 5.93. The number of benzene rings is 2. The van der Waals surface area contributed by atoms with Gasteiger partial charge >= 0.3 is 5.97 Å². The van der Waals surface area contributed by atoms with E-state index < -0.39 is 0 Å². The van der Waals surface area contributed by atoms with E-state index in [0.717, 1.165) is 55.1 Å². The van der Waals surface area contributed by atoms with Crippen molar-refractivity contribution in [1.82, 2.24) is 0 Å². The van der Waals surface area contributed by atoms with Crippen LogP contribution >= 0.6 is 0 Å². The van der Waals surface area contributed by atoms with Crippen molar-refractivity contribution in [2.45, 2.75) is 51.9 Å². The Morgan fingerprint density at radius 3 is 2.65 bits per heavy atom. The van der Waals surface area contributed by atoms with E-state index in [1.165, 1.54) is 30.2 Å². The number of carbonyl (C=O) groups excluding carboxylic acids is 2. The molecule has 160 valence electrons. The van der Waals surface area contributed by atoms with Crippen LogP contribution < -0.4 is 4.74 Å². The van der Waals surface area contributed by atoms with Gasteiger partial charge < -0.3 is 4.74 Å². The molecule has 1 fully saturated rings. The Bertz CT molecular complexity index is 1080. The van der Waals surface area contributed by atoms with Gasteiger partial charge in [-0.05, 0) is 107 Å². The van der Waals surface area contributed by atoms with E-state index in [1.54, 1.807) is 0 Å². The number of allylic oxidation sites excluding steroid dienone is 2. The molecule has 4 heteroatoms. The van der Waals surface area contributed by atoms with Crippen molar-refractivity contribution in [1.29, 1.82) is 0 Å². The Labute approximate surface area is 182 Å². The fourth-order valence-corrected chi connectivity index (χ4v) is 6.74. The Hall–Kier alpha value is -2.75. The van der Waals surface area contributed by atoms with Gasteiger partial charge in [0.2, 0.25) is 0 Å². The molecule has 3 nitrogen and oxygen atoms in total. The molecule has 0 heterocycles. The molecule has 2 aromatic carbocycles. The Kier molecular flexibility index (Phi) is 4.84. The molecule has 2 aromatic rings. The second-order valence-corrected chi connectivity index (χ2v) is 9.56. The van der Waals surface area contributed by atoms with Crippen LogP contribution in [0.15, 0.2) is 48.0 Å². The van der Waals surface area contributed by atoms with Crippen LogP contribution in [0.25, 0.3) is 5.57 Å². The largest absolute Gasteiger partial charge is 0.427 e. The van der Waals surface area contributed by atoms with Gasteiger partial charge in [-0.3, -0.25) is 9.59 Å². The minimum atomic E-state index is -0.297. The van der Waals surface area contributed by atoms with Crippen molar-refractivity contribution in [3.63, 3.8) is 0 Å². The third kappa shape index (κ3) is 3.24. The lowest BCUT2D eigenvalue weighted by Gasteiger charge is -2.50. The average molecular weight is 419 g/mol. The molecule has 0 unspecified atom stereocenters. The first-order chi connectivity index (χ1) is 14.9. The fourth-order valence-electron chi connectivity index (χ4n) is 6.74. The van der Waals surface area contributed by atoms with Crippen LogP contribution in [0.4, 0.5) is 4.39 Å². The van der Waals surface area contributed by atoms with Crippen molar-refractivity contribution < 1.29 is 18.7 Å². The van der Waals surface area contributed by atoms with Crippen LogP contribution in [-0.2, 0) is 16.0 Å². The molecular weight excluding hydrogens is 391 g/mol. The predicted octanol–water partition coefficient (Wildman–Crippen LogP) is 5.87. The fraction of sp³-hybridized carbons (Fsp3) is 0.407. The van der Waals surface area contributed by atoms with Gasteiger partial charge in [-0.25, -0.2) is 4.39 Å². The van der Waals surface area contributed by atoms with E-state index in [9.17, 15) is 14.0 Å². The normalized spacial score (nSPS) is 29.1. The summed E-state index contributed by atoms with van der Waals surface area (Å²) in [7, 11) is 0. The number of hydrogen-bond acceptors (Lipinski definition) is 3. The van der Waals surface area contributed by atoms with E-state index >= 15 is 0 Å². The zero-order valence-electron chi connectivity index (χ0n) is 18.0. The van der Waals surface area contributed by atoms with Gasteiger partial charge in [0.05, 0.1) is 0 Å². The van der Waals surface area contributed by atoms with Gasteiger partial charge in [0, 0.05) is 6.92 Å². The molecule has 0 spiro atoms. The standard InChI is InChI=1S/C27H27FO3/c1-16(30)31-21-8-10-22-18(13-21)5-9-24-23(22)11-12-27(2)25(24)14-19(15-29)26(27)17-3-6-20(28)7-4-17/h3-4,6-8,10,13,15,23-25H,5,9,11-12,14H2,1-2H3/t23-,24-,25+,27+/m1/s1. The monoisotopic (exact) mass is 418 g/mol. The third-order valence-electron chi connectivity index (χ3n) is 7.96. The maximum absolute atomic E-state index is 13.5. The lowest BCUT2D eigenvalue weighted by atomic mass is 9.54. The smallest absolute Gasteiger partial charge is 0.308 e. The molecule has 0 aromatic heterocycles. The molecule has 0 bridgehead atoms. The minimum Gasteiger partial charge on any atom is -0.427 e. The van der Waals surface area contributed by atoms with Crippen LogP contribution in [0.2, 0.25) is 0 Å². The zero-order chi connectivity index (χ0) is 21.8.